The van der Waals surface area contributed by atoms with E-state index in [-0.39, 0.29) is 5.92 Å². The second-order valence-corrected chi connectivity index (χ2v) is 12.8. The summed E-state index contributed by atoms with van der Waals surface area (Å²) in [6, 6.07) is 19.1. The van der Waals surface area contributed by atoms with Crippen molar-refractivity contribution in [2.75, 3.05) is 5.75 Å². The van der Waals surface area contributed by atoms with Gasteiger partial charge >= 0.3 is 6.18 Å². The first-order valence-electron chi connectivity index (χ1n) is 13.6. The first-order chi connectivity index (χ1) is 18.7. The molecule has 204 valence electrons. The van der Waals surface area contributed by atoms with Crippen molar-refractivity contribution in [3.05, 3.63) is 89.5 Å². The zero-order valence-corrected chi connectivity index (χ0v) is 22.6. The fourth-order valence-electron chi connectivity index (χ4n) is 5.49. The molecule has 3 aromatic carbocycles. The molecule has 1 fully saturated rings. The van der Waals surface area contributed by atoms with E-state index in [1.165, 1.54) is 17.7 Å². The Morgan fingerprint density at radius 1 is 0.923 bits per heavy atom. The zero-order valence-electron chi connectivity index (χ0n) is 21.8. The average molecular weight is 551 g/mol. The zero-order chi connectivity index (χ0) is 27.5. The molecule has 7 heteroatoms. The topological polar surface area (TPSA) is 53.3 Å². The number of nitrogens with zero attached hydrogens (tertiary/aromatic N) is 1. The van der Waals surface area contributed by atoms with E-state index in [4.69, 9.17) is 4.78 Å². The van der Waals surface area contributed by atoms with E-state index < -0.39 is 21.5 Å². The van der Waals surface area contributed by atoms with E-state index in [1.807, 2.05) is 36.6 Å². The van der Waals surface area contributed by atoms with Crippen molar-refractivity contribution in [1.82, 2.24) is 0 Å². The van der Waals surface area contributed by atoms with Crippen molar-refractivity contribution >= 4 is 27.7 Å². The predicted octanol–water partition coefficient (Wildman–Crippen LogP) is 9.34. The van der Waals surface area contributed by atoms with Gasteiger partial charge in [0.25, 0.3) is 0 Å². The molecule has 39 heavy (non-hydrogen) atoms. The number of nitrogens with one attached hydrogen (secondary N) is 1. The molecule has 1 N–H and O–H groups in total. The smallest absolute Gasteiger partial charge is 0.261 e. The first kappa shape index (κ1) is 27.4. The van der Waals surface area contributed by atoms with Gasteiger partial charge in [0.05, 0.1) is 21.0 Å². The number of halogens is 3. The first-order valence-corrected chi connectivity index (χ1v) is 15.3. The molecular formula is C32H33F3N2OS. The van der Waals surface area contributed by atoms with E-state index in [2.05, 4.69) is 29.3 Å². The summed E-state index contributed by atoms with van der Waals surface area (Å²) in [6.45, 7) is 0. The molecule has 1 atom stereocenters. The van der Waals surface area contributed by atoms with Crippen LogP contribution in [0.15, 0.2) is 82.7 Å². The Kier molecular flexibility index (Phi) is 8.08. The lowest BCUT2D eigenvalue weighted by molar-refractivity contribution is -0.137. The number of hydrogen-bond acceptors (Lipinski definition) is 3. The van der Waals surface area contributed by atoms with Gasteiger partial charge in [-0.3, -0.25) is 4.99 Å². The van der Waals surface area contributed by atoms with Crippen molar-refractivity contribution in [2.45, 2.75) is 56.0 Å². The molecule has 3 aromatic rings. The highest BCUT2D eigenvalue weighted by Gasteiger charge is 2.30. The number of rotatable bonds is 6. The molecule has 0 amide bonds. The van der Waals surface area contributed by atoms with Crippen LogP contribution in [0.3, 0.4) is 0 Å². The van der Waals surface area contributed by atoms with E-state index in [0.717, 1.165) is 79.5 Å². The Morgan fingerprint density at radius 3 is 2.31 bits per heavy atom. The standard InChI is InChI=1S/C32H33F3N2OS/c33-32(34,35)29-16-10-24(11-17-29)5-4-23-6-8-25(9-7-23)22-39(36,38)30-18-14-26(15-19-30)28-13-12-27-3-1-2-20-37-31(27)21-28/h4-5,10-21,23,25,36H,1-3,6-9,22H2/b5-4+. The second kappa shape index (κ2) is 11.5. The van der Waals surface area contributed by atoms with Gasteiger partial charge in [-0.1, -0.05) is 48.6 Å². The maximum Gasteiger partial charge on any atom is 0.416 e. The van der Waals surface area contributed by atoms with Crippen LogP contribution >= 0.6 is 0 Å². The molecule has 0 aromatic heterocycles. The lowest BCUT2D eigenvalue weighted by Gasteiger charge is -2.27. The quantitative estimate of drug-likeness (QED) is 0.327. The molecule has 1 aliphatic carbocycles. The van der Waals surface area contributed by atoms with Gasteiger partial charge in [0.2, 0.25) is 0 Å². The summed E-state index contributed by atoms with van der Waals surface area (Å²) in [4.78, 5) is 5.17. The number of fused-ring (bicyclic) bond motifs is 1. The highest BCUT2D eigenvalue weighted by molar-refractivity contribution is 7.92. The van der Waals surface area contributed by atoms with E-state index in [0.29, 0.717) is 16.6 Å². The van der Waals surface area contributed by atoms with E-state index in [1.54, 1.807) is 0 Å². The largest absolute Gasteiger partial charge is 0.416 e. The molecule has 5 rings (SSSR count). The normalized spacial score (nSPS) is 21.3. The lowest BCUT2D eigenvalue weighted by atomic mass is 9.82. The molecular weight excluding hydrogens is 517 g/mol. The van der Waals surface area contributed by atoms with E-state index in [9.17, 15) is 17.4 Å². The van der Waals surface area contributed by atoms with Crippen molar-refractivity contribution < 1.29 is 17.4 Å². The number of aryl methyl sites for hydroxylation is 1. The van der Waals surface area contributed by atoms with Crippen LogP contribution in [0.25, 0.3) is 17.2 Å². The van der Waals surface area contributed by atoms with Crippen LogP contribution in [0.1, 0.15) is 55.2 Å². The van der Waals surface area contributed by atoms with Crippen LogP contribution in [-0.4, -0.2) is 16.2 Å². The Bertz CT molecular complexity index is 1450. The SMILES string of the molecule is N=S(=O)(CC1CCC(/C=C/c2ccc(C(F)(F)F)cc2)CC1)c1ccc(-c2ccc3c(c2)N=CCCC3)cc1. The number of benzene rings is 3. The van der Waals surface area contributed by atoms with Crippen LogP contribution in [0.4, 0.5) is 18.9 Å². The lowest BCUT2D eigenvalue weighted by Crippen LogP contribution is -2.21. The minimum absolute atomic E-state index is 0.229. The minimum Gasteiger partial charge on any atom is -0.261 e. The van der Waals surface area contributed by atoms with Crippen LogP contribution in [0.2, 0.25) is 0 Å². The van der Waals surface area contributed by atoms with Gasteiger partial charge in [0.1, 0.15) is 0 Å². The predicted molar refractivity (Wildman–Crippen MR) is 153 cm³/mol. The molecule has 0 saturated heterocycles. The summed E-state index contributed by atoms with van der Waals surface area (Å²) >= 11 is 0. The monoisotopic (exact) mass is 550 g/mol. The van der Waals surface area contributed by atoms with Gasteiger partial charge in [-0.15, -0.1) is 0 Å². The van der Waals surface area contributed by atoms with Crippen LogP contribution < -0.4 is 0 Å². The fraction of sp³-hybridized carbons (Fsp3) is 0.344. The summed E-state index contributed by atoms with van der Waals surface area (Å²) in [5, 5.41) is 0. The molecule has 0 spiro atoms. The van der Waals surface area contributed by atoms with Gasteiger partial charge in [-0.25, -0.2) is 8.99 Å². The van der Waals surface area contributed by atoms with Crippen molar-refractivity contribution in [3.63, 3.8) is 0 Å². The molecule has 2 aliphatic rings. The highest BCUT2D eigenvalue weighted by atomic mass is 32.2. The highest BCUT2D eigenvalue weighted by Crippen LogP contribution is 2.34. The number of allylic oxidation sites excluding steroid dienone is 1. The molecule has 1 unspecified atom stereocenters. The molecule has 1 saturated carbocycles. The van der Waals surface area contributed by atoms with Gasteiger partial charge < -0.3 is 0 Å². The second-order valence-electron chi connectivity index (χ2n) is 10.7. The Morgan fingerprint density at radius 2 is 1.62 bits per heavy atom. The summed E-state index contributed by atoms with van der Waals surface area (Å²) in [6.07, 6.45) is 8.41. The minimum atomic E-state index is -4.32. The third-order valence-electron chi connectivity index (χ3n) is 7.82. The average Bonchev–Trinajstić information content (AvgIpc) is 3.17. The molecule has 1 aliphatic heterocycles. The third-order valence-corrected chi connectivity index (χ3v) is 9.80. The summed E-state index contributed by atoms with van der Waals surface area (Å²) in [5.41, 5.74) is 4.49. The Hall–Kier alpha value is -3.19. The number of aliphatic imine (C=N–C) groups is 1. The Balaban J connectivity index is 1.16. The third kappa shape index (κ3) is 6.88. The maximum absolute atomic E-state index is 13.4. The summed E-state index contributed by atoms with van der Waals surface area (Å²) in [5.74, 6) is 0.928. The number of hydrogen-bond donors (Lipinski definition) is 1. The molecule has 0 radical (unpaired) electrons. The molecule has 1 heterocycles. The van der Waals surface area contributed by atoms with Gasteiger partial charge in [-0.2, -0.15) is 13.2 Å². The van der Waals surface area contributed by atoms with Crippen LogP contribution in [0, 0.1) is 16.6 Å². The van der Waals surface area contributed by atoms with Crippen molar-refractivity contribution in [3.8, 4) is 11.1 Å². The number of alkyl halides is 3. The van der Waals surface area contributed by atoms with Gasteiger partial charge in [0, 0.05) is 16.9 Å². The van der Waals surface area contributed by atoms with Crippen molar-refractivity contribution in [1.29, 1.82) is 4.78 Å². The summed E-state index contributed by atoms with van der Waals surface area (Å²) < 4.78 is 60.3. The fourth-order valence-corrected chi connectivity index (χ4v) is 7.26. The van der Waals surface area contributed by atoms with Gasteiger partial charge in [-0.05, 0) is 109 Å². The molecule has 0 bridgehead atoms. The summed E-state index contributed by atoms with van der Waals surface area (Å²) in [7, 11) is -2.90. The van der Waals surface area contributed by atoms with Crippen LogP contribution in [0.5, 0.6) is 0 Å². The van der Waals surface area contributed by atoms with Gasteiger partial charge in [0.15, 0.2) is 0 Å². The van der Waals surface area contributed by atoms with Crippen LogP contribution in [-0.2, 0) is 22.3 Å². The molecule has 3 nitrogen and oxygen atoms in total. The Labute approximate surface area is 228 Å². The van der Waals surface area contributed by atoms with E-state index >= 15 is 0 Å². The maximum atomic E-state index is 13.4. The van der Waals surface area contributed by atoms with Crippen molar-refractivity contribution in [2.24, 2.45) is 16.8 Å².